The van der Waals surface area contributed by atoms with Gasteiger partial charge in [-0.1, -0.05) is 12.1 Å². The summed E-state index contributed by atoms with van der Waals surface area (Å²) in [6.45, 7) is 0.568. The second kappa shape index (κ2) is 6.77. The molecular formula is C19H19N3O4S2. The highest BCUT2D eigenvalue weighted by molar-refractivity contribution is 7.90. The number of benzene rings is 1. The van der Waals surface area contributed by atoms with E-state index in [-0.39, 0.29) is 5.69 Å². The second-order valence-electron chi connectivity index (χ2n) is 6.74. The quantitative estimate of drug-likeness (QED) is 0.666. The van der Waals surface area contributed by atoms with Gasteiger partial charge in [-0.05, 0) is 41.6 Å². The topological polar surface area (TPSA) is 91.6 Å². The van der Waals surface area contributed by atoms with Crippen molar-refractivity contribution in [2.75, 3.05) is 18.8 Å². The van der Waals surface area contributed by atoms with Gasteiger partial charge in [0.05, 0.1) is 11.4 Å². The molecule has 0 fully saturated rings. The third-order valence-electron chi connectivity index (χ3n) is 4.80. The number of carbonyl (C=O) groups is 1. The number of rotatable bonds is 5. The molecule has 0 amide bonds. The summed E-state index contributed by atoms with van der Waals surface area (Å²) >= 11 is 1.54. The lowest BCUT2D eigenvalue weighted by Crippen LogP contribution is -2.29. The summed E-state index contributed by atoms with van der Waals surface area (Å²) in [5.74, 6) is -0.975. The summed E-state index contributed by atoms with van der Waals surface area (Å²) in [4.78, 5) is 12.8. The molecule has 0 saturated heterocycles. The maximum absolute atomic E-state index is 12.2. The van der Waals surface area contributed by atoms with Crippen molar-refractivity contribution >= 4 is 33.2 Å². The first kappa shape index (κ1) is 18.7. The molecule has 3 heterocycles. The van der Waals surface area contributed by atoms with Crippen molar-refractivity contribution in [2.45, 2.75) is 13.0 Å². The molecule has 146 valence electrons. The zero-order valence-electron chi connectivity index (χ0n) is 15.3. The Bertz CT molecular complexity index is 1160. The fourth-order valence-corrected chi connectivity index (χ4v) is 4.77. The van der Waals surface area contributed by atoms with Gasteiger partial charge < -0.3 is 9.67 Å². The van der Waals surface area contributed by atoms with Crippen LogP contribution < -0.4 is 4.72 Å². The van der Waals surface area contributed by atoms with Crippen LogP contribution in [0.25, 0.3) is 21.7 Å². The van der Waals surface area contributed by atoms with E-state index in [1.807, 2.05) is 28.1 Å². The first-order valence-corrected chi connectivity index (χ1v) is 10.9. The van der Waals surface area contributed by atoms with Crippen LogP contribution in [-0.2, 0) is 23.2 Å². The molecule has 0 atom stereocenters. The molecule has 4 rings (SSSR count). The van der Waals surface area contributed by atoms with Crippen LogP contribution in [0.3, 0.4) is 0 Å². The molecule has 0 bridgehead atoms. The number of nitrogens with zero attached hydrogens (tertiary/aromatic N) is 2. The number of aromatic nitrogens is 1. The summed E-state index contributed by atoms with van der Waals surface area (Å²) < 4.78 is 29.9. The van der Waals surface area contributed by atoms with Gasteiger partial charge in [0.25, 0.3) is 0 Å². The van der Waals surface area contributed by atoms with Gasteiger partial charge in [-0.3, -0.25) is 4.72 Å². The highest BCUT2D eigenvalue weighted by atomic mass is 32.2. The molecule has 0 radical (unpaired) electrons. The van der Waals surface area contributed by atoms with Crippen molar-refractivity contribution in [2.24, 2.45) is 0 Å². The first-order chi connectivity index (χ1) is 13.3. The van der Waals surface area contributed by atoms with Gasteiger partial charge in [-0.25, -0.2) is 4.79 Å². The number of anilines is 1. The molecule has 3 aromatic rings. The second-order valence-corrected chi connectivity index (χ2v) is 9.57. The molecular weight excluding hydrogens is 398 g/mol. The molecule has 2 N–H and O–H groups in total. The number of aromatic carboxylic acids is 1. The molecule has 2 aromatic heterocycles. The number of nitrogens with one attached hydrogen (secondary N) is 1. The Morgan fingerprint density at radius 2 is 2.00 bits per heavy atom. The van der Waals surface area contributed by atoms with Crippen molar-refractivity contribution in [3.05, 3.63) is 53.0 Å². The van der Waals surface area contributed by atoms with Crippen LogP contribution in [0.1, 0.15) is 16.1 Å². The van der Waals surface area contributed by atoms with Crippen molar-refractivity contribution < 1.29 is 18.3 Å². The van der Waals surface area contributed by atoms with Gasteiger partial charge in [0.15, 0.2) is 0 Å². The summed E-state index contributed by atoms with van der Waals surface area (Å²) in [5.41, 5.74) is 4.25. The smallest absolute Gasteiger partial charge is 0.352 e. The van der Waals surface area contributed by atoms with Crippen molar-refractivity contribution in [1.82, 2.24) is 8.87 Å². The van der Waals surface area contributed by atoms with Gasteiger partial charge in [0.1, 0.15) is 5.69 Å². The minimum atomic E-state index is -3.63. The first-order valence-electron chi connectivity index (χ1n) is 8.62. The Balaban J connectivity index is 1.90. The van der Waals surface area contributed by atoms with E-state index < -0.39 is 16.2 Å². The molecule has 28 heavy (non-hydrogen) atoms. The Kier molecular flexibility index (Phi) is 4.53. The van der Waals surface area contributed by atoms with Crippen LogP contribution in [0, 0.1) is 0 Å². The van der Waals surface area contributed by atoms with Crippen LogP contribution in [0.4, 0.5) is 5.69 Å². The molecule has 0 saturated carbocycles. The van der Waals surface area contributed by atoms with Crippen LogP contribution in [0.15, 0.2) is 41.8 Å². The Labute approximate surface area is 167 Å². The van der Waals surface area contributed by atoms with E-state index in [1.54, 1.807) is 29.5 Å². The van der Waals surface area contributed by atoms with Gasteiger partial charge in [-0.15, -0.1) is 11.3 Å². The number of fused-ring (bicyclic) bond motifs is 3. The van der Waals surface area contributed by atoms with E-state index in [2.05, 4.69) is 4.72 Å². The molecule has 9 heteroatoms. The lowest BCUT2D eigenvalue weighted by Gasteiger charge is -2.23. The Hall–Kier alpha value is -2.62. The highest BCUT2D eigenvalue weighted by Crippen LogP contribution is 2.42. The predicted octanol–water partition coefficient (Wildman–Crippen LogP) is 3.36. The fraction of sp³-hybridized carbons (Fsp3) is 0.211. The monoisotopic (exact) mass is 417 g/mol. The van der Waals surface area contributed by atoms with E-state index in [4.69, 9.17) is 0 Å². The summed E-state index contributed by atoms with van der Waals surface area (Å²) in [7, 11) is -0.716. The lowest BCUT2D eigenvalue weighted by molar-refractivity contribution is 0.0685. The van der Waals surface area contributed by atoms with Crippen molar-refractivity contribution in [1.29, 1.82) is 0 Å². The minimum absolute atomic E-state index is 0.239. The number of carboxylic acids is 1. The average molecular weight is 418 g/mol. The zero-order chi connectivity index (χ0) is 20.1. The number of hydrogen-bond acceptors (Lipinski definition) is 4. The van der Waals surface area contributed by atoms with Gasteiger partial charge >= 0.3 is 16.2 Å². The predicted molar refractivity (Wildman–Crippen MR) is 110 cm³/mol. The third kappa shape index (κ3) is 3.11. The highest BCUT2D eigenvalue weighted by Gasteiger charge is 2.27. The van der Waals surface area contributed by atoms with E-state index in [0.29, 0.717) is 18.7 Å². The van der Waals surface area contributed by atoms with E-state index >= 15 is 0 Å². The lowest BCUT2D eigenvalue weighted by atomic mass is 9.95. The molecule has 7 nitrogen and oxygen atoms in total. The summed E-state index contributed by atoms with van der Waals surface area (Å²) in [6.07, 6.45) is 0.682. The molecule has 0 spiro atoms. The molecule has 1 aliphatic heterocycles. The van der Waals surface area contributed by atoms with Gasteiger partial charge in [-0.2, -0.15) is 12.7 Å². The maximum atomic E-state index is 12.2. The maximum Gasteiger partial charge on any atom is 0.352 e. The fourth-order valence-electron chi connectivity index (χ4n) is 3.42. The number of thiophene rings is 1. The molecule has 1 aliphatic rings. The Morgan fingerprint density at radius 3 is 2.64 bits per heavy atom. The standard InChI is InChI=1S/C19H19N3O4S2/c1-21(2)28(25,26)20-13-6-5-12-7-8-22-16(19(23)24)11-15(17-4-3-9-27-17)18(22)14(12)10-13/h3-6,9-11,20H,7-8H2,1-2H3,(H,23,24). The molecule has 0 aliphatic carbocycles. The normalized spacial score (nSPS) is 13.2. The third-order valence-corrected chi connectivity index (χ3v) is 7.16. The van der Waals surface area contributed by atoms with Crippen molar-refractivity contribution in [3.8, 4) is 21.7 Å². The Morgan fingerprint density at radius 1 is 1.21 bits per heavy atom. The average Bonchev–Trinajstić information content (AvgIpc) is 3.28. The van der Waals surface area contributed by atoms with Crippen LogP contribution in [0.5, 0.6) is 0 Å². The SMILES string of the molecule is CN(C)S(=O)(=O)Nc1ccc2c(c1)-c1c(-c3cccs3)cc(C(=O)O)n1CC2. The largest absolute Gasteiger partial charge is 0.477 e. The summed E-state index contributed by atoms with van der Waals surface area (Å²) in [6, 6.07) is 11.0. The van der Waals surface area contributed by atoms with Gasteiger partial charge in [0.2, 0.25) is 0 Å². The van der Waals surface area contributed by atoms with E-state index in [9.17, 15) is 18.3 Å². The van der Waals surface area contributed by atoms with E-state index in [0.717, 1.165) is 31.6 Å². The number of hydrogen-bond donors (Lipinski definition) is 2. The number of carboxylic acid groups (broad SMARTS) is 1. The van der Waals surface area contributed by atoms with E-state index in [1.165, 1.54) is 14.1 Å². The van der Waals surface area contributed by atoms with Crippen molar-refractivity contribution in [3.63, 3.8) is 0 Å². The van der Waals surface area contributed by atoms with Crippen LogP contribution in [0.2, 0.25) is 0 Å². The minimum Gasteiger partial charge on any atom is -0.477 e. The zero-order valence-corrected chi connectivity index (χ0v) is 17.0. The van der Waals surface area contributed by atoms with Gasteiger partial charge in [0, 0.05) is 36.6 Å². The van der Waals surface area contributed by atoms with Crippen LogP contribution >= 0.6 is 11.3 Å². The number of aryl methyl sites for hydroxylation is 1. The van der Waals surface area contributed by atoms with Crippen LogP contribution in [-0.4, -0.2) is 42.5 Å². The summed E-state index contributed by atoms with van der Waals surface area (Å²) in [5, 5.41) is 11.6. The molecule has 1 aromatic carbocycles. The molecule has 0 unspecified atom stereocenters.